The number of rotatable bonds is 6. The molecule has 0 saturated carbocycles. The molecule has 0 radical (unpaired) electrons. The fraction of sp³-hybridized carbons (Fsp3) is 0.167. The highest BCUT2D eigenvalue weighted by molar-refractivity contribution is 7.91. The van der Waals surface area contributed by atoms with E-state index in [1.54, 1.807) is 56.3 Å². The molecule has 10 heteroatoms. The Bertz CT molecular complexity index is 1500. The lowest BCUT2D eigenvalue weighted by Crippen LogP contribution is -2.27. The lowest BCUT2D eigenvalue weighted by molar-refractivity contribution is 0.103. The Morgan fingerprint density at radius 1 is 1.03 bits per heavy atom. The van der Waals surface area contributed by atoms with Crippen molar-refractivity contribution in [3.8, 4) is 11.5 Å². The number of carbonyl (C=O) groups is 1. The van der Waals surface area contributed by atoms with Crippen LogP contribution in [0.5, 0.6) is 11.5 Å². The number of fused-ring (bicyclic) bond motifs is 1. The number of aromatic nitrogens is 1. The van der Waals surface area contributed by atoms with Gasteiger partial charge in [-0.25, -0.2) is 13.4 Å². The molecule has 0 aliphatic heterocycles. The number of nitrogens with one attached hydrogen (secondary N) is 1. The fourth-order valence-corrected chi connectivity index (χ4v) is 5.02. The van der Waals surface area contributed by atoms with Gasteiger partial charge in [0.1, 0.15) is 16.7 Å². The van der Waals surface area contributed by atoms with E-state index in [1.807, 2.05) is 12.1 Å². The Morgan fingerprint density at radius 2 is 1.79 bits per heavy atom. The minimum atomic E-state index is -3.32. The van der Waals surface area contributed by atoms with Gasteiger partial charge in [-0.1, -0.05) is 29.3 Å². The summed E-state index contributed by atoms with van der Waals surface area (Å²) in [6.45, 7) is 3.34. The van der Waals surface area contributed by atoms with Crippen LogP contribution in [-0.2, 0) is 14.6 Å². The van der Waals surface area contributed by atoms with E-state index in [-0.39, 0.29) is 5.91 Å². The van der Waals surface area contributed by atoms with E-state index in [9.17, 15) is 13.2 Å². The van der Waals surface area contributed by atoms with Crippen LogP contribution in [0.15, 0.2) is 60.8 Å². The van der Waals surface area contributed by atoms with Gasteiger partial charge in [-0.3, -0.25) is 4.79 Å². The van der Waals surface area contributed by atoms with Crippen LogP contribution in [0.1, 0.15) is 29.1 Å². The van der Waals surface area contributed by atoms with Crippen LogP contribution in [0.4, 0.5) is 5.69 Å². The minimum Gasteiger partial charge on any atom is -0.456 e. The molecule has 2 aromatic carbocycles. The predicted molar refractivity (Wildman–Crippen MR) is 138 cm³/mol. The molecule has 1 N–H and O–H groups in total. The Labute approximate surface area is 211 Å². The SMILES string of the molecule is CC(C)(c1ccc2sc(C(=O)Nc3cc(Cl)cc(Oc4ccc(Cl)nc4)c3)cc2c1)S(C)(=O)=O. The maximum absolute atomic E-state index is 12.9. The summed E-state index contributed by atoms with van der Waals surface area (Å²) < 4.78 is 30.0. The van der Waals surface area contributed by atoms with Crippen LogP contribution < -0.4 is 10.1 Å². The van der Waals surface area contributed by atoms with E-state index < -0.39 is 14.6 Å². The molecule has 2 heterocycles. The highest BCUT2D eigenvalue weighted by Gasteiger charge is 2.32. The summed E-state index contributed by atoms with van der Waals surface area (Å²) in [5, 5.41) is 4.38. The average molecular weight is 535 g/mol. The molecule has 4 aromatic rings. The van der Waals surface area contributed by atoms with Gasteiger partial charge in [0.15, 0.2) is 9.84 Å². The Kier molecular flexibility index (Phi) is 6.61. The van der Waals surface area contributed by atoms with Crippen molar-refractivity contribution in [2.75, 3.05) is 11.6 Å². The maximum Gasteiger partial charge on any atom is 0.265 e. The van der Waals surface area contributed by atoms with Gasteiger partial charge in [0.25, 0.3) is 5.91 Å². The van der Waals surface area contributed by atoms with E-state index in [4.69, 9.17) is 27.9 Å². The molecule has 0 atom stereocenters. The van der Waals surface area contributed by atoms with Crippen molar-refractivity contribution in [3.63, 3.8) is 0 Å². The molecule has 0 aliphatic carbocycles. The largest absolute Gasteiger partial charge is 0.456 e. The summed E-state index contributed by atoms with van der Waals surface area (Å²) in [4.78, 5) is 17.4. The second kappa shape index (κ2) is 9.19. The second-order valence-corrected chi connectivity index (χ2v) is 12.7. The third kappa shape index (κ3) is 5.20. The predicted octanol–water partition coefficient (Wildman–Crippen LogP) is 6.93. The first kappa shape index (κ1) is 24.5. The van der Waals surface area contributed by atoms with Gasteiger partial charge in [0, 0.05) is 27.7 Å². The van der Waals surface area contributed by atoms with Crippen molar-refractivity contribution < 1.29 is 17.9 Å². The minimum absolute atomic E-state index is 0.313. The number of amides is 1. The summed E-state index contributed by atoms with van der Waals surface area (Å²) in [6.07, 6.45) is 2.70. The molecule has 2 aromatic heterocycles. The van der Waals surface area contributed by atoms with Crippen LogP contribution >= 0.6 is 34.5 Å². The van der Waals surface area contributed by atoms with Crippen molar-refractivity contribution in [1.82, 2.24) is 4.98 Å². The fourth-order valence-electron chi connectivity index (χ4n) is 3.19. The summed E-state index contributed by atoms with van der Waals surface area (Å²) in [5.41, 5.74) is 1.13. The number of sulfone groups is 1. The highest BCUT2D eigenvalue weighted by Crippen LogP contribution is 2.35. The Hall–Kier alpha value is -2.65. The van der Waals surface area contributed by atoms with Crippen LogP contribution in [-0.4, -0.2) is 25.6 Å². The van der Waals surface area contributed by atoms with Gasteiger partial charge >= 0.3 is 0 Å². The molecule has 0 unspecified atom stereocenters. The van der Waals surface area contributed by atoms with Gasteiger partial charge < -0.3 is 10.1 Å². The number of ether oxygens (including phenoxy) is 1. The molecule has 1 amide bonds. The zero-order valence-electron chi connectivity index (χ0n) is 18.4. The first-order valence-corrected chi connectivity index (χ1v) is 13.5. The third-order valence-electron chi connectivity index (χ3n) is 5.43. The molecular formula is C24H20Cl2N2O4S2. The van der Waals surface area contributed by atoms with Crippen LogP contribution in [0.25, 0.3) is 10.1 Å². The topological polar surface area (TPSA) is 85.4 Å². The smallest absolute Gasteiger partial charge is 0.265 e. The number of halogens is 2. The lowest BCUT2D eigenvalue weighted by atomic mass is 10.0. The molecular weight excluding hydrogens is 515 g/mol. The van der Waals surface area contributed by atoms with Gasteiger partial charge in [-0.2, -0.15) is 0 Å². The summed E-state index contributed by atoms with van der Waals surface area (Å²) in [7, 11) is -3.32. The monoisotopic (exact) mass is 534 g/mol. The normalized spacial score (nSPS) is 12.0. The number of pyridine rings is 1. The van der Waals surface area contributed by atoms with Crippen molar-refractivity contribution in [2.24, 2.45) is 0 Å². The molecule has 176 valence electrons. The highest BCUT2D eigenvalue weighted by atomic mass is 35.5. The summed E-state index contributed by atoms with van der Waals surface area (Å²) >= 11 is 13.3. The molecule has 6 nitrogen and oxygen atoms in total. The van der Waals surface area contributed by atoms with Gasteiger partial charge in [0.2, 0.25) is 0 Å². The Balaban J connectivity index is 1.57. The van der Waals surface area contributed by atoms with Crippen molar-refractivity contribution in [2.45, 2.75) is 18.6 Å². The second-order valence-electron chi connectivity index (χ2n) is 8.19. The Morgan fingerprint density at radius 3 is 2.47 bits per heavy atom. The molecule has 0 fully saturated rings. The molecule has 34 heavy (non-hydrogen) atoms. The third-order valence-corrected chi connectivity index (χ3v) is 9.07. The van der Waals surface area contributed by atoms with Crippen molar-refractivity contribution >= 4 is 66.1 Å². The van der Waals surface area contributed by atoms with Crippen LogP contribution in [0.2, 0.25) is 10.2 Å². The van der Waals surface area contributed by atoms with Crippen LogP contribution in [0, 0.1) is 0 Å². The quantitative estimate of drug-likeness (QED) is 0.271. The first-order valence-electron chi connectivity index (χ1n) is 10.1. The number of hydrogen-bond donors (Lipinski definition) is 1. The number of carbonyl (C=O) groups excluding carboxylic acids is 1. The summed E-state index contributed by atoms with van der Waals surface area (Å²) in [6, 6.07) is 15.4. The molecule has 4 rings (SSSR count). The first-order chi connectivity index (χ1) is 15.9. The number of anilines is 1. The maximum atomic E-state index is 12.9. The van der Waals surface area contributed by atoms with E-state index in [2.05, 4.69) is 10.3 Å². The number of thiophene rings is 1. The zero-order valence-corrected chi connectivity index (χ0v) is 21.6. The van der Waals surface area contributed by atoms with E-state index in [0.717, 1.165) is 10.1 Å². The molecule has 0 saturated heterocycles. The van der Waals surface area contributed by atoms with Crippen LogP contribution in [0.3, 0.4) is 0 Å². The van der Waals surface area contributed by atoms with Crippen molar-refractivity contribution in [1.29, 1.82) is 0 Å². The zero-order chi connectivity index (χ0) is 24.7. The lowest BCUT2D eigenvalue weighted by Gasteiger charge is -2.23. The number of nitrogens with zero attached hydrogens (tertiary/aromatic N) is 1. The molecule has 0 aliphatic rings. The van der Waals surface area contributed by atoms with Crippen molar-refractivity contribution in [3.05, 3.63) is 81.4 Å². The molecule has 0 bridgehead atoms. The van der Waals surface area contributed by atoms with E-state index in [1.165, 1.54) is 23.8 Å². The van der Waals surface area contributed by atoms with E-state index in [0.29, 0.717) is 37.8 Å². The number of hydrogen-bond acceptors (Lipinski definition) is 6. The van der Waals surface area contributed by atoms with E-state index >= 15 is 0 Å². The van der Waals surface area contributed by atoms with Gasteiger partial charge in [0.05, 0.1) is 15.8 Å². The standard InChI is InChI=1S/C24H20Cl2N2O4S2/c1-24(2,34(3,30)31)15-4-6-20-14(8-15)9-21(33-20)23(29)28-17-10-16(25)11-19(12-17)32-18-5-7-22(26)27-13-18/h4-13H,1-3H3,(H,28,29). The molecule has 0 spiro atoms. The number of benzene rings is 2. The summed E-state index contributed by atoms with van der Waals surface area (Å²) in [5.74, 6) is 0.587. The van der Waals surface area contributed by atoms with Gasteiger partial charge in [-0.15, -0.1) is 11.3 Å². The van der Waals surface area contributed by atoms with Gasteiger partial charge in [-0.05, 0) is 67.3 Å². The average Bonchev–Trinajstić information content (AvgIpc) is 3.18.